The van der Waals surface area contributed by atoms with Crippen molar-refractivity contribution in [2.75, 3.05) is 13.7 Å². The molecule has 2 unspecified atom stereocenters. The first-order valence-electron chi connectivity index (χ1n) is 5.46. The van der Waals surface area contributed by atoms with Crippen LogP contribution in [0.25, 0.3) is 0 Å². The quantitative estimate of drug-likeness (QED) is 0.853. The molecule has 0 saturated heterocycles. The maximum absolute atomic E-state index is 13.2. The van der Waals surface area contributed by atoms with Gasteiger partial charge in [0.2, 0.25) is 0 Å². The highest BCUT2D eigenvalue weighted by molar-refractivity contribution is 5.41. The van der Waals surface area contributed by atoms with Crippen LogP contribution in [-0.4, -0.2) is 19.7 Å². The number of halogens is 2. The summed E-state index contributed by atoms with van der Waals surface area (Å²) in [7, 11) is 1.87. The Bertz CT molecular complexity index is 395. The molecule has 0 bridgehead atoms. The van der Waals surface area contributed by atoms with Gasteiger partial charge in [0.1, 0.15) is 5.75 Å². The van der Waals surface area contributed by atoms with Crippen molar-refractivity contribution in [3.05, 3.63) is 29.3 Å². The monoisotopic (exact) mass is 227 g/mol. The minimum absolute atomic E-state index is 0.238. The molecule has 2 atom stereocenters. The first-order chi connectivity index (χ1) is 7.67. The third-order valence-electron chi connectivity index (χ3n) is 2.91. The zero-order chi connectivity index (χ0) is 11.7. The minimum Gasteiger partial charge on any atom is -0.493 e. The Hall–Kier alpha value is -1.16. The van der Waals surface area contributed by atoms with E-state index in [0.717, 1.165) is 18.1 Å². The SMILES string of the molecule is CCOc1cc(F)c(F)cc1C1CC1NC. The summed E-state index contributed by atoms with van der Waals surface area (Å²) in [5.41, 5.74) is 0.764. The lowest BCUT2D eigenvalue weighted by Crippen LogP contribution is -2.11. The van der Waals surface area contributed by atoms with Gasteiger partial charge >= 0.3 is 0 Å². The van der Waals surface area contributed by atoms with Gasteiger partial charge in [-0.1, -0.05) is 0 Å². The molecule has 16 heavy (non-hydrogen) atoms. The third-order valence-corrected chi connectivity index (χ3v) is 2.91. The summed E-state index contributed by atoms with van der Waals surface area (Å²) in [5, 5.41) is 3.12. The molecule has 4 heteroatoms. The molecule has 1 N–H and O–H groups in total. The average molecular weight is 227 g/mol. The van der Waals surface area contributed by atoms with Crippen molar-refractivity contribution in [3.63, 3.8) is 0 Å². The first kappa shape index (κ1) is 11.3. The van der Waals surface area contributed by atoms with Crippen LogP contribution in [0.1, 0.15) is 24.8 Å². The Balaban J connectivity index is 2.31. The van der Waals surface area contributed by atoms with Crippen molar-refractivity contribution in [3.8, 4) is 5.75 Å². The average Bonchev–Trinajstić information content (AvgIpc) is 3.02. The number of hydrogen-bond donors (Lipinski definition) is 1. The lowest BCUT2D eigenvalue weighted by Gasteiger charge is -2.10. The third kappa shape index (κ3) is 2.02. The largest absolute Gasteiger partial charge is 0.493 e. The van der Waals surface area contributed by atoms with Crippen LogP contribution in [0.15, 0.2) is 12.1 Å². The van der Waals surface area contributed by atoms with Gasteiger partial charge in [-0.15, -0.1) is 0 Å². The molecular formula is C12H15F2NO. The van der Waals surface area contributed by atoms with E-state index in [1.165, 1.54) is 6.07 Å². The van der Waals surface area contributed by atoms with Crippen molar-refractivity contribution in [2.45, 2.75) is 25.3 Å². The highest BCUT2D eigenvalue weighted by Gasteiger charge is 2.39. The number of benzene rings is 1. The molecular weight excluding hydrogens is 212 g/mol. The van der Waals surface area contributed by atoms with Crippen LogP contribution in [0.2, 0.25) is 0 Å². The number of likely N-dealkylation sites (N-methyl/N-ethyl adjacent to an activating group) is 1. The Morgan fingerprint density at radius 1 is 1.38 bits per heavy atom. The molecule has 0 heterocycles. The van der Waals surface area contributed by atoms with Gasteiger partial charge in [-0.2, -0.15) is 0 Å². The second-order valence-electron chi connectivity index (χ2n) is 3.97. The molecule has 0 spiro atoms. The van der Waals surface area contributed by atoms with E-state index in [2.05, 4.69) is 5.32 Å². The van der Waals surface area contributed by atoms with Gasteiger partial charge in [0, 0.05) is 23.6 Å². The fourth-order valence-corrected chi connectivity index (χ4v) is 1.97. The van der Waals surface area contributed by atoms with Crippen molar-refractivity contribution < 1.29 is 13.5 Å². The van der Waals surface area contributed by atoms with E-state index in [4.69, 9.17) is 4.74 Å². The van der Waals surface area contributed by atoms with Gasteiger partial charge in [-0.05, 0) is 26.5 Å². The molecule has 1 fully saturated rings. The van der Waals surface area contributed by atoms with Crippen LogP contribution in [-0.2, 0) is 0 Å². The predicted molar refractivity (Wildman–Crippen MR) is 57.7 cm³/mol. The lowest BCUT2D eigenvalue weighted by molar-refractivity contribution is 0.332. The maximum Gasteiger partial charge on any atom is 0.162 e. The maximum atomic E-state index is 13.2. The fourth-order valence-electron chi connectivity index (χ4n) is 1.97. The van der Waals surface area contributed by atoms with Crippen molar-refractivity contribution in [2.24, 2.45) is 0 Å². The summed E-state index contributed by atoms with van der Waals surface area (Å²) in [6.45, 7) is 2.28. The summed E-state index contributed by atoms with van der Waals surface area (Å²) in [6.07, 6.45) is 0.946. The zero-order valence-corrected chi connectivity index (χ0v) is 9.39. The van der Waals surface area contributed by atoms with Crippen molar-refractivity contribution in [1.29, 1.82) is 0 Å². The summed E-state index contributed by atoms with van der Waals surface area (Å²) >= 11 is 0. The van der Waals surface area contributed by atoms with Gasteiger partial charge in [0.25, 0.3) is 0 Å². The van der Waals surface area contributed by atoms with Crippen LogP contribution in [0.4, 0.5) is 8.78 Å². The second kappa shape index (κ2) is 4.37. The second-order valence-corrected chi connectivity index (χ2v) is 3.97. The summed E-state index contributed by atoms with van der Waals surface area (Å²) in [4.78, 5) is 0. The molecule has 1 aliphatic rings. The zero-order valence-electron chi connectivity index (χ0n) is 9.39. The van der Waals surface area contributed by atoms with E-state index < -0.39 is 11.6 Å². The molecule has 2 rings (SSSR count). The van der Waals surface area contributed by atoms with E-state index in [-0.39, 0.29) is 5.92 Å². The van der Waals surface area contributed by atoms with E-state index in [1.807, 2.05) is 14.0 Å². The summed E-state index contributed by atoms with van der Waals surface area (Å²) < 4.78 is 31.6. The Morgan fingerprint density at radius 3 is 2.62 bits per heavy atom. The highest BCUT2D eigenvalue weighted by Crippen LogP contribution is 2.45. The molecule has 0 amide bonds. The Labute approximate surface area is 93.6 Å². The van der Waals surface area contributed by atoms with Crippen LogP contribution in [0.5, 0.6) is 5.75 Å². The van der Waals surface area contributed by atoms with Crippen LogP contribution in [0, 0.1) is 11.6 Å². The number of hydrogen-bond acceptors (Lipinski definition) is 2. The molecule has 0 aliphatic heterocycles. The van der Waals surface area contributed by atoms with E-state index in [0.29, 0.717) is 18.4 Å². The summed E-state index contributed by atoms with van der Waals surface area (Å²) in [6, 6.07) is 2.74. The van der Waals surface area contributed by atoms with E-state index >= 15 is 0 Å². The molecule has 1 aliphatic carbocycles. The first-order valence-corrected chi connectivity index (χ1v) is 5.46. The van der Waals surface area contributed by atoms with Crippen LogP contribution >= 0.6 is 0 Å². The van der Waals surface area contributed by atoms with Gasteiger partial charge in [-0.3, -0.25) is 0 Å². The fraction of sp³-hybridized carbons (Fsp3) is 0.500. The van der Waals surface area contributed by atoms with Crippen molar-refractivity contribution >= 4 is 0 Å². The van der Waals surface area contributed by atoms with E-state index in [1.54, 1.807) is 0 Å². The van der Waals surface area contributed by atoms with Gasteiger partial charge in [0.05, 0.1) is 6.61 Å². The molecule has 1 aromatic rings. The molecule has 0 aromatic heterocycles. The molecule has 0 radical (unpaired) electrons. The van der Waals surface area contributed by atoms with Crippen LogP contribution in [0.3, 0.4) is 0 Å². The highest BCUT2D eigenvalue weighted by atomic mass is 19.2. The standard InChI is InChI=1S/C12H15F2NO/c1-3-16-12-6-10(14)9(13)4-8(12)7-5-11(7)15-2/h4,6-7,11,15H,3,5H2,1-2H3. The molecule has 1 aromatic carbocycles. The number of ether oxygens (including phenoxy) is 1. The summed E-state index contributed by atoms with van der Waals surface area (Å²) in [5.74, 6) is -0.958. The molecule has 88 valence electrons. The van der Waals surface area contributed by atoms with Gasteiger partial charge in [0.15, 0.2) is 11.6 Å². The van der Waals surface area contributed by atoms with Crippen LogP contribution < -0.4 is 10.1 Å². The van der Waals surface area contributed by atoms with Crippen molar-refractivity contribution in [1.82, 2.24) is 5.32 Å². The topological polar surface area (TPSA) is 21.3 Å². The Morgan fingerprint density at radius 2 is 2.06 bits per heavy atom. The van der Waals surface area contributed by atoms with Gasteiger partial charge < -0.3 is 10.1 Å². The minimum atomic E-state index is -0.853. The molecule has 2 nitrogen and oxygen atoms in total. The smallest absolute Gasteiger partial charge is 0.162 e. The normalized spacial score (nSPS) is 23.2. The van der Waals surface area contributed by atoms with Gasteiger partial charge in [-0.25, -0.2) is 8.78 Å². The van der Waals surface area contributed by atoms with E-state index in [9.17, 15) is 8.78 Å². The lowest BCUT2D eigenvalue weighted by atomic mass is 10.1. The predicted octanol–water partition coefficient (Wildman–Crippen LogP) is 2.44. The Kier molecular flexibility index (Phi) is 3.10. The number of rotatable bonds is 4. The number of nitrogens with one attached hydrogen (secondary N) is 1. The molecule has 1 saturated carbocycles.